The van der Waals surface area contributed by atoms with Crippen LogP contribution in [0.25, 0.3) is 6.08 Å². The first-order valence-electron chi connectivity index (χ1n) is 8.43. The smallest absolute Gasteiger partial charge is 0.287 e. The summed E-state index contributed by atoms with van der Waals surface area (Å²) in [6.45, 7) is 0. The third-order valence-corrected chi connectivity index (χ3v) is 5.20. The second kappa shape index (κ2) is 10.0. The van der Waals surface area contributed by atoms with Gasteiger partial charge in [0.15, 0.2) is 0 Å². The molecular weight excluding hydrogens is 429 g/mol. The number of carbonyl (C=O) groups is 2. The maximum absolute atomic E-state index is 12.6. The zero-order valence-corrected chi connectivity index (χ0v) is 17.3. The SMILES string of the molecule is O=C(N/N=C\c1c(Cl)cccc1Cl)/C(=C\c1cccs1)NC(=O)c1ccccc1. The molecule has 0 atom stereocenters. The molecule has 5 nitrogen and oxygen atoms in total. The van der Waals surface area contributed by atoms with E-state index in [1.54, 1.807) is 54.6 Å². The molecule has 0 spiro atoms. The van der Waals surface area contributed by atoms with Crippen LogP contribution in [0, 0.1) is 0 Å². The predicted octanol–water partition coefficient (Wildman–Crippen LogP) is 4.98. The lowest BCUT2D eigenvalue weighted by atomic mass is 10.2. The molecule has 0 saturated heterocycles. The summed E-state index contributed by atoms with van der Waals surface area (Å²) in [7, 11) is 0. The second-order valence-corrected chi connectivity index (χ2v) is 7.52. The van der Waals surface area contributed by atoms with Crippen LogP contribution in [0.4, 0.5) is 0 Å². The largest absolute Gasteiger partial charge is 0.317 e. The molecule has 0 aliphatic carbocycles. The number of hydrogen-bond donors (Lipinski definition) is 2. The Morgan fingerprint density at radius 3 is 2.31 bits per heavy atom. The number of nitrogens with zero attached hydrogens (tertiary/aromatic N) is 1. The molecule has 0 radical (unpaired) electrons. The molecule has 2 N–H and O–H groups in total. The topological polar surface area (TPSA) is 70.6 Å². The standard InChI is InChI=1S/C21H15Cl2N3O2S/c22-17-9-4-10-18(23)16(17)13-24-26-21(28)19(12-15-8-5-11-29-15)25-20(27)14-6-2-1-3-7-14/h1-13H,(H,25,27)(H,26,28)/b19-12+,24-13-. The summed E-state index contributed by atoms with van der Waals surface area (Å²) >= 11 is 13.6. The molecule has 3 rings (SSSR count). The Morgan fingerprint density at radius 1 is 0.931 bits per heavy atom. The van der Waals surface area contributed by atoms with E-state index in [2.05, 4.69) is 15.8 Å². The van der Waals surface area contributed by atoms with Gasteiger partial charge in [-0.15, -0.1) is 11.3 Å². The zero-order chi connectivity index (χ0) is 20.6. The molecule has 29 heavy (non-hydrogen) atoms. The molecule has 2 aromatic carbocycles. The van der Waals surface area contributed by atoms with E-state index in [1.807, 2.05) is 17.5 Å². The minimum Gasteiger partial charge on any atom is -0.317 e. The van der Waals surface area contributed by atoms with Crippen LogP contribution in [-0.4, -0.2) is 18.0 Å². The van der Waals surface area contributed by atoms with Crippen LogP contribution in [0.15, 0.2) is 76.8 Å². The lowest BCUT2D eigenvalue weighted by molar-refractivity contribution is -0.117. The highest BCUT2D eigenvalue weighted by atomic mass is 35.5. The van der Waals surface area contributed by atoms with Gasteiger partial charge in [0.2, 0.25) is 0 Å². The fourth-order valence-corrected chi connectivity index (χ4v) is 3.46. The van der Waals surface area contributed by atoms with Crippen LogP contribution < -0.4 is 10.7 Å². The Morgan fingerprint density at radius 2 is 1.66 bits per heavy atom. The molecule has 0 unspecified atom stereocenters. The maximum atomic E-state index is 12.6. The van der Waals surface area contributed by atoms with Crippen LogP contribution in [0.1, 0.15) is 20.8 Å². The van der Waals surface area contributed by atoms with Crippen molar-refractivity contribution < 1.29 is 9.59 Å². The Kier molecular flexibility index (Phi) is 7.19. The van der Waals surface area contributed by atoms with E-state index >= 15 is 0 Å². The summed E-state index contributed by atoms with van der Waals surface area (Å²) in [4.78, 5) is 25.9. The number of benzene rings is 2. The van der Waals surface area contributed by atoms with E-state index in [0.717, 1.165) is 4.88 Å². The molecule has 1 aromatic heterocycles. The quantitative estimate of drug-likeness (QED) is 0.320. The number of carbonyl (C=O) groups excluding carboxylic acids is 2. The predicted molar refractivity (Wildman–Crippen MR) is 118 cm³/mol. The molecule has 0 aliphatic heterocycles. The van der Waals surface area contributed by atoms with Crippen molar-refractivity contribution in [2.24, 2.45) is 5.10 Å². The zero-order valence-electron chi connectivity index (χ0n) is 14.9. The van der Waals surface area contributed by atoms with Gasteiger partial charge in [0.1, 0.15) is 5.70 Å². The highest BCUT2D eigenvalue weighted by Gasteiger charge is 2.14. The summed E-state index contributed by atoms with van der Waals surface area (Å²) < 4.78 is 0. The fourth-order valence-electron chi connectivity index (χ4n) is 2.31. The lowest BCUT2D eigenvalue weighted by Crippen LogP contribution is -2.32. The lowest BCUT2D eigenvalue weighted by Gasteiger charge is -2.09. The Labute approximate surface area is 181 Å². The highest BCUT2D eigenvalue weighted by Crippen LogP contribution is 2.22. The van der Waals surface area contributed by atoms with Crippen LogP contribution >= 0.6 is 34.5 Å². The van der Waals surface area contributed by atoms with Gasteiger partial charge in [0, 0.05) is 16.0 Å². The van der Waals surface area contributed by atoms with Gasteiger partial charge in [-0.25, -0.2) is 5.43 Å². The first-order chi connectivity index (χ1) is 14.0. The van der Waals surface area contributed by atoms with E-state index in [-0.39, 0.29) is 5.70 Å². The van der Waals surface area contributed by atoms with Gasteiger partial charge < -0.3 is 5.32 Å². The second-order valence-electron chi connectivity index (χ2n) is 5.73. The molecule has 0 aliphatic rings. The van der Waals surface area contributed by atoms with Crippen molar-refractivity contribution in [1.29, 1.82) is 0 Å². The molecule has 0 bridgehead atoms. The first kappa shape index (κ1) is 20.8. The average molecular weight is 444 g/mol. The van der Waals surface area contributed by atoms with Crippen molar-refractivity contribution in [2.75, 3.05) is 0 Å². The summed E-state index contributed by atoms with van der Waals surface area (Å²) in [5, 5.41) is 9.23. The molecule has 3 aromatic rings. The normalized spacial score (nSPS) is 11.4. The molecule has 146 valence electrons. The number of nitrogens with one attached hydrogen (secondary N) is 2. The number of rotatable bonds is 6. The van der Waals surface area contributed by atoms with Crippen molar-refractivity contribution >= 4 is 58.6 Å². The van der Waals surface area contributed by atoms with Gasteiger partial charge in [-0.1, -0.05) is 53.5 Å². The van der Waals surface area contributed by atoms with Crippen LogP contribution in [0.5, 0.6) is 0 Å². The molecule has 2 amide bonds. The van der Waals surface area contributed by atoms with Crippen LogP contribution in [-0.2, 0) is 4.79 Å². The number of amides is 2. The van der Waals surface area contributed by atoms with Gasteiger partial charge in [-0.2, -0.15) is 5.10 Å². The van der Waals surface area contributed by atoms with Crippen molar-refractivity contribution in [3.8, 4) is 0 Å². The van der Waals surface area contributed by atoms with Crippen molar-refractivity contribution in [2.45, 2.75) is 0 Å². The van der Waals surface area contributed by atoms with Crippen molar-refractivity contribution in [1.82, 2.24) is 10.7 Å². The summed E-state index contributed by atoms with van der Waals surface area (Å²) in [5.74, 6) is -0.983. The summed E-state index contributed by atoms with van der Waals surface area (Å²) in [6, 6.07) is 17.3. The Hall–Kier alpha value is -2.93. The fraction of sp³-hybridized carbons (Fsp3) is 0. The average Bonchev–Trinajstić information content (AvgIpc) is 3.23. The third-order valence-electron chi connectivity index (χ3n) is 3.72. The molecule has 8 heteroatoms. The monoisotopic (exact) mass is 443 g/mol. The van der Waals surface area contributed by atoms with E-state index in [1.165, 1.54) is 17.6 Å². The number of hydrogen-bond acceptors (Lipinski definition) is 4. The summed E-state index contributed by atoms with van der Waals surface area (Å²) in [6.07, 6.45) is 2.93. The number of halogens is 2. The minimum absolute atomic E-state index is 0.0590. The van der Waals surface area contributed by atoms with Gasteiger partial charge in [0.05, 0.1) is 16.3 Å². The molecule has 0 fully saturated rings. The van der Waals surface area contributed by atoms with E-state index in [9.17, 15) is 9.59 Å². The van der Waals surface area contributed by atoms with Gasteiger partial charge in [0.25, 0.3) is 11.8 Å². The van der Waals surface area contributed by atoms with Gasteiger partial charge in [-0.3, -0.25) is 9.59 Å². The van der Waals surface area contributed by atoms with Crippen molar-refractivity contribution in [3.63, 3.8) is 0 Å². The van der Waals surface area contributed by atoms with Crippen LogP contribution in [0.2, 0.25) is 10.0 Å². The van der Waals surface area contributed by atoms with E-state index in [4.69, 9.17) is 23.2 Å². The Bertz CT molecular complexity index is 1040. The molecule has 1 heterocycles. The Balaban J connectivity index is 1.78. The summed E-state index contributed by atoms with van der Waals surface area (Å²) in [5.41, 5.74) is 3.36. The first-order valence-corrected chi connectivity index (χ1v) is 10.1. The minimum atomic E-state index is -0.581. The molecule has 0 saturated carbocycles. The van der Waals surface area contributed by atoms with E-state index in [0.29, 0.717) is 21.2 Å². The number of hydrazone groups is 1. The van der Waals surface area contributed by atoms with Crippen molar-refractivity contribution in [3.05, 3.63) is 97.8 Å². The number of thiophene rings is 1. The highest BCUT2D eigenvalue weighted by molar-refractivity contribution is 7.10. The van der Waals surface area contributed by atoms with E-state index < -0.39 is 11.8 Å². The van der Waals surface area contributed by atoms with Crippen LogP contribution in [0.3, 0.4) is 0 Å². The van der Waals surface area contributed by atoms with Gasteiger partial charge in [-0.05, 0) is 41.8 Å². The van der Waals surface area contributed by atoms with Gasteiger partial charge >= 0.3 is 0 Å². The third kappa shape index (κ3) is 5.77. The molecular formula is C21H15Cl2N3O2S. The maximum Gasteiger partial charge on any atom is 0.287 e.